The van der Waals surface area contributed by atoms with Gasteiger partial charge in [0.1, 0.15) is 0 Å². The number of hydrogen-bond donors (Lipinski definition) is 1. The minimum atomic E-state index is 0.0933. The molecule has 27 heavy (non-hydrogen) atoms. The van der Waals surface area contributed by atoms with Crippen molar-refractivity contribution in [2.45, 2.75) is 50.7 Å². The second-order valence-corrected chi connectivity index (χ2v) is 9.11. The third kappa shape index (κ3) is 3.77. The number of benzene rings is 1. The molecule has 2 aliphatic rings. The number of amides is 1. The SMILES string of the molecule is Cc1ccccc1-c1nnc(SCC(=O)NC(C)C2CC3CCC2C3)n1C. The summed E-state index contributed by atoms with van der Waals surface area (Å²) < 4.78 is 1.97. The number of aryl methyl sites for hydroxylation is 1. The standard InChI is InChI=1S/C21H28N4OS/c1-13-6-4-5-7-17(13)20-23-24-21(25(20)3)27-12-19(26)22-14(2)18-11-15-8-9-16(18)10-15/h4-7,14-16,18H,8-12H2,1-3H3,(H,22,26). The quantitative estimate of drug-likeness (QED) is 0.769. The van der Waals surface area contributed by atoms with Gasteiger partial charge in [-0.15, -0.1) is 10.2 Å². The largest absolute Gasteiger partial charge is 0.353 e. The van der Waals surface area contributed by atoms with E-state index in [-0.39, 0.29) is 11.9 Å². The highest BCUT2D eigenvalue weighted by atomic mass is 32.2. The Labute approximate surface area is 165 Å². The van der Waals surface area contributed by atoms with Crippen molar-refractivity contribution in [1.29, 1.82) is 0 Å². The normalized spacial score (nSPS) is 24.9. The lowest BCUT2D eigenvalue weighted by Crippen LogP contribution is -2.40. The van der Waals surface area contributed by atoms with Gasteiger partial charge in [0.05, 0.1) is 5.75 Å². The van der Waals surface area contributed by atoms with E-state index < -0.39 is 0 Å². The molecule has 2 fully saturated rings. The van der Waals surface area contributed by atoms with E-state index in [1.54, 1.807) is 0 Å². The van der Waals surface area contributed by atoms with Gasteiger partial charge < -0.3 is 9.88 Å². The van der Waals surface area contributed by atoms with Crippen molar-refractivity contribution in [2.24, 2.45) is 24.8 Å². The van der Waals surface area contributed by atoms with Gasteiger partial charge in [0.15, 0.2) is 11.0 Å². The molecule has 1 amide bonds. The van der Waals surface area contributed by atoms with Crippen LogP contribution in [0.25, 0.3) is 11.4 Å². The molecule has 4 rings (SSSR count). The van der Waals surface area contributed by atoms with Crippen LogP contribution in [0.5, 0.6) is 0 Å². The molecule has 0 spiro atoms. The summed E-state index contributed by atoms with van der Waals surface area (Å²) in [7, 11) is 1.96. The van der Waals surface area contributed by atoms with Gasteiger partial charge in [-0.25, -0.2) is 0 Å². The van der Waals surface area contributed by atoms with Crippen LogP contribution in [-0.2, 0) is 11.8 Å². The fraction of sp³-hybridized carbons (Fsp3) is 0.571. The fourth-order valence-electron chi connectivity index (χ4n) is 4.94. The number of nitrogens with one attached hydrogen (secondary N) is 1. The minimum absolute atomic E-state index is 0.0933. The molecule has 1 N–H and O–H groups in total. The zero-order valence-electron chi connectivity index (χ0n) is 16.3. The molecule has 4 atom stereocenters. The van der Waals surface area contributed by atoms with Crippen molar-refractivity contribution in [3.05, 3.63) is 29.8 Å². The summed E-state index contributed by atoms with van der Waals surface area (Å²) in [5, 5.41) is 12.6. The zero-order valence-corrected chi connectivity index (χ0v) is 17.1. The molecule has 0 radical (unpaired) electrons. The molecule has 2 aromatic rings. The van der Waals surface area contributed by atoms with Crippen LogP contribution in [0.2, 0.25) is 0 Å². The lowest BCUT2D eigenvalue weighted by Gasteiger charge is -2.28. The Morgan fingerprint density at radius 2 is 2.11 bits per heavy atom. The van der Waals surface area contributed by atoms with E-state index in [1.807, 2.05) is 23.7 Å². The molecule has 1 aromatic heterocycles. The predicted molar refractivity (Wildman–Crippen MR) is 108 cm³/mol. The molecule has 5 nitrogen and oxygen atoms in total. The lowest BCUT2D eigenvalue weighted by atomic mass is 9.84. The molecule has 144 valence electrons. The van der Waals surface area contributed by atoms with E-state index in [0.29, 0.717) is 11.7 Å². The number of hydrogen-bond acceptors (Lipinski definition) is 4. The number of aromatic nitrogens is 3. The summed E-state index contributed by atoms with van der Waals surface area (Å²) in [5.41, 5.74) is 2.25. The summed E-state index contributed by atoms with van der Waals surface area (Å²) in [5.74, 6) is 3.72. The van der Waals surface area contributed by atoms with Crippen molar-refractivity contribution in [3.8, 4) is 11.4 Å². The van der Waals surface area contributed by atoms with Crippen molar-refractivity contribution in [3.63, 3.8) is 0 Å². The fourth-order valence-corrected chi connectivity index (χ4v) is 5.66. The zero-order chi connectivity index (χ0) is 19.0. The Bertz CT molecular complexity index is 833. The second kappa shape index (κ2) is 7.66. The van der Waals surface area contributed by atoms with Crippen LogP contribution in [0, 0.1) is 24.7 Å². The van der Waals surface area contributed by atoms with Gasteiger partial charge in [-0.1, -0.05) is 42.4 Å². The maximum absolute atomic E-state index is 12.4. The van der Waals surface area contributed by atoms with E-state index in [1.165, 1.54) is 43.0 Å². The number of thioether (sulfide) groups is 1. The van der Waals surface area contributed by atoms with Crippen LogP contribution in [-0.4, -0.2) is 32.5 Å². The van der Waals surface area contributed by atoms with Gasteiger partial charge in [0.2, 0.25) is 5.91 Å². The Morgan fingerprint density at radius 1 is 1.30 bits per heavy atom. The Morgan fingerprint density at radius 3 is 2.81 bits per heavy atom. The van der Waals surface area contributed by atoms with E-state index >= 15 is 0 Å². The van der Waals surface area contributed by atoms with Gasteiger partial charge in [-0.3, -0.25) is 4.79 Å². The van der Waals surface area contributed by atoms with Gasteiger partial charge in [-0.05, 0) is 56.4 Å². The molecular formula is C21H28N4OS. The van der Waals surface area contributed by atoms with Gasteiger partial charge in [0.25, 0.3) is 0 Å². The van der Waals surface area contributed by atoms with Crippen LogP contribution in [0.3, 0.4) is 0 Å². The highest BCUT2D eigenvalue weighted by molar-refractivity contribution is 7.99. The number of carbonyl (C=O) groups is 1. The first-order valence-corrected chi connectivity index (χ1v) is 10.9. The molecule has 2 aliphatic carbocycles. The number of fused-ring (bicyclic) bond motifs is 2. The monoisotopic (exact) mass is 384 g/mol. The van der Waals surface area contributed by atoms with Crippen LogP contribution in [0.1, 0.15) is 38.2 Å². The second-order valence-electron chi connectivity index (χ2n) is 8.16. The van der Waals surface area contributed by atoms with Crippen molar-refractivity contribution in [1.82, 2.24) is 20.1 Å². The number of nitrogens with zero attached hydrogens (tertiary/aromatic N) is 3. The highest BCUT2D eigenvalue weighted by Crippen LogP contribution is 2.49. The lowest BCUT2D eigenvalue weighted by molar-refractivity contribution is -0.119. The van der Waals surface area contributed by atoms with E-state index in [0.717, 1.165) is 28.4 Å². The molecule has 2 saturated carbocycles. The van der Waals surface area contributed by atoms with Gasteiger partial charge >= 0.3 is 0 Å². The maximum atomic E-state index is 12.4. The summed E-state index contributed by atoms with van der Waals surface area (Å²) in [4.78, 5) is 12.4. The average molecular weight is 385 g/mol. The van der Waals surface area contributed by atoms with Crippen LogP contribution in [0.15, 0.2) is 29.4 Å². The van der Waals surface area contributed by atoms with Gasteiger partial charge in [0, 0.05) is 18.7 Å². The Kier molecular flexibility index (Phi) is 5.26. The first-order valence-electron chi connectivity index (χ1n) is 9.90. The highest BCUT2D eigenvalue weighted by Gasteiger charge is 2.42. The predicted octanol–water partition coefficient (Wildman–Crippen LogP) is 3.82. The average Bonchev–Trinajstić information content (AvgIpc) is 3.37. The molecule has 1 heterocycles. The molecule has 4 unspecified atom stereocenters. The summed E-state index contributed by atoms with van der Waals surface area (Å²) in [6.07, 6.45) is 5.42. The third-order valence-electron chi connectivity index (χ3n) is 6.38. The molecule has 0 saturated heterocycles. The van der Waals surface area contributed by atoms with Crippen molar-refractivity contribution in [2.75, 3.05) is 5.75 Å². The van der Waals surface area contributed by atoms with E-state index in [9.17, 15) is 4.79 Å². The third-order valence-corrected chi connectivity index (χ3v) is 7.40. The summed E-state index contributed by atoms with van der Waals surface area (Å²) >= 11 is 1.45. The maximum Gasteiger partial charge on any atom is 0.230 e. The molecule has 6 heteroatoms. The molecule has 0 aliphatic heterocycles. The first kappa shape index (κ1) is 18.5. The summed E-state index contributed by atoms with van der Waals surface area (Å²) in [6, 6.07) is 8.43. The molecule has 2 bridgehead atoms. The smallest absolute Gasteiger partial charge is 0.230 e. The molecule has 1 aromatic carbocycles. The van der Waals surface area contributed by atoms with Crippen LogP contribution >= 0.6 is 11.8 Å². The number of carbonyl (C=O) groups excluding carboxylic acids is 1. The summed E-state index contributed by atoms with van der Waals surface area (Å²) in [6.45, 7) is 4.24. The first-order chi connectivity index (χ1) is 13.0. The van der Waals surface area contributed by atoms with E-state index in [2.05, 4.69) is 41.5 Å². The topological polar surface area (TPSA) is 59.8 Å². The van der Waals surface area contributed by atoms with Crippen molar-refractivity contribution >= 4 is 17.7 Å². The minimum Gasteiger partial charge on any atom is -0.353 e. The number of rotatable bonds is 6. The Balaban J connectivity index is 1.34. The Hall–Kier alpha value is -1.82. The van der Waals surface area contributed by atoms with Crippen molar-refractivity contribution < 1.29 is 4.79 Å². The van der Waals surface area contributed by atoms with Gasteiger partial charge in [-0.2, -0.15) is 0 Å². The van der Waals surface area contributed by atoms with Crippen LogP contribution < -0.4 is 5.32 Å². The van der Waals surface area contributed by atoms with E-state index in [4.69, 9.17) is 0 Å². The molecular weight excluding hydrogens is 356 g/mol. The van der Waals surface area contributed by atoms with Crippen LogP contribution in [0.4, 0.5) is 0 Å².